The molecule has 1 aromatic heterocycles. The molecule has 0 radical (unpaired) electrons. The third kappa shape index (κ3) is 3.35. The maximum atomic E-state index is 12.8. The van der Waals surface area contributed by atoms with Crippen LogP contribution in [0, 0.1) is 13.8 Å². The first-order chi connectivity index (χ1) is 11.6. The quantitative estimate of drug-likeness (QED) is 0.807. The lowest BCUT2D eigenvalue weighted by Crippen LogP contribution is -2.34. The van der Waals surface area contributed by atoms with E-state index in [0.717, 1.165) is 12.8 Å². The Bertz CT molecular complexity index is 729. The minimum absolute atomic E-state index is 0.162. The van der Waals surface area contributed by atoms with Gasteiger partial charge in [-0.1, -0.05) is 30.3 Å². The number of ether oxygens (including phenoxy) is 1. The summed E-state index contributed by atoms with van der Waals surface area (Å²) in [4.78, 5) is 27.1. The summed E-state index contributed by atoms with van der Waals surface area (Å²) in [6, 6.07) is 10.8. The molecule has 5 nitrogen and oxygen atoms in total. The molecule has 24 heavy (non-hydrogen) atoms. The van der Waals surface area contributed by atoms with Crippen LogP contribution < -0.4 is 0 Å². The van der Waals surface area contributed by atoms with Crippen molar-refractivity contribution in [1.29, 1.82) is 0 Å². The Hall–Kier alpha value is -2.56. The van der Waals surface area contributed by atoms with Gasteiger partial charge >= 0.3 is 5.97 Å². The van der Waals surface area contributed by atoms with Gasteiger partial charge in [0.1, 0.15) is 17.1 Å². The number of benzene rings is 1. The van der Waals surface area contributed by atoms with E-state index < -0.39 is 12.1 Å². The summed E-state index contributed by atoms with van der Waals surface area (Å²) in [7, 11) is 0. The predicted molar refractivity (Wildman–Crippen MR) is 88.6 cm³/mol. The van der Waals surface area contributed by atoms with E-state index in [2.05, 4.69) is 0 Å². The molecule has 0 bridgehead atoms. The molecule has 0 spiro atoms. The lowest BCUT2D eigenvalue weighted by Gasteiger charge is -2.23. The van der Waals surface area contributed by atoms with E-state index in [0.29, 0.717) is 35.7 Å². The molecule has 2 heterocycles. The van der Waals surface area contributed by atoms with E-state index in [-0.39, 0.29) is 5.91 Å². The molecule has 1 fully saturated rings. The average molecular weight is 327 g/mol. The largest absolute Gasteiger partial charge is 0.466 e. The van der Waals surface area contributed by atoms with Crippen molar-refractivity contribution in [3.63, 3.8) is 0 Å². The van der Waals surface area contributed by atoms with Crippen LogP contribution in [0.4, 0.5) is 0 Å². The van der Waals surface area contributed by atoms with E-state index >= 15 is 0 Å². The highest BCUT2D eigenvalue weighted by atomic mass is 16.5. The van der Waals surface area contributed by atoms with Crippen molar-refractivity contribution in [3.8, 4) is 0 Å². The lowest BCUT2D eigenvalue weighted by atomic mass is 10.1. The maximum absolute atomic E-state index is 12.8. The number of esters is 1. The fourth-order valence-corrected chi connectivity index (χ4v) is 3.00. The number of hydrogen-bond donors (Lipinski definition) is 0. The molecular formula is C19H21NO4. The number of furan rings is 1. The molecule has 3 rings (SSSR count). The molecule has 5 heteroatoms. The second-order valence-electron chi connectivity index (χ2n) is 6.06. The maximum Gasteiger partial charge on any atom is 0.342 e. The standard InChI is InChI=1S/C19H21NO4/c1-13-12-16(14(2)23-13)19(22)24-17(15-8-4-3-5-9-15)18(21)20-10-6-7-11-20/h3-5,8-9,12,17H,6-7,10-11H2,1-2H3. The van der Waals surface area contributed by atoms with Crippen LogP contribution in [0.25, 0.3) is 0 Å². The highest BCUT2D eigenvalue weighted by Gasteiger charge is 2.32. The summed E-state index contributed by atoms with van der Waals surface area (Å²) in [5.74, 6) is 0.440. The van der Waals surface area contributed by atoms with Crippen LogP contribution >= 0.6 is 0 Å². The predicted octanol–water partition coefficient (Wildman–Crippen LogP) is 3.42. The lowest BCUT2D eigenvalue weighted by molar-refractivity contribution is -0.140. The van der Waals surface area contributed by atoms with Gasteiger partial charge < -0.3 is 14.1 Å². The van der Waals surface area contributed by atoms with Gasteiger partial charge in [0, 0.05) is 18.7 Å². The van der Waals surface area contributed by atoms with E-state index in [4.69, 9.17) is 9.15 Å². The highest BCUT2D eigenvalue weighted by molar-refractivity contribution is 5.93. The fraction of sp³-hybridized carbons (Fsp3) is 0.368. The molecule has 1 amide bonds. The number of amides is 1. The van der Waals surface area contributed by atoms with Crippen molar-refractivity contribution < 1.29 is 18.7 Å². The van der Waals surface area contributed by atoms with Crippen molar-refractivity contribution in [2.45, 2.75) is 32.8 Å². The van der Waals surface area contributed by atoms with E-state index in [1.54, 1.807) is 36.9 Å². The normalized spacial score (nSPS) is 15.3. The minimum Gasteiger partial charge on any atom is -0.466 e. The van der Waals surface area contributed by atoms with Gasteiger partial charge in [0.05, 0.1) is 0 Å². The van der Waals surface area contributed by atoms with Crippen LogP contribution in [-0.2, 0) is 9.53 Å². The molecule has 1 unspecified atom stereocenters. The van der Waals surface area contributed by atoms with E-state index in [1.807, 2.05) is 18.2 Å². The summed E-state index contributed by atoms with van der Waals surface area (Å²) < 4.78 is 11.0. The number of likely N-dealkylation sites (tertiary alicyclic amines) is 1. The summed E-state index contributed by atoms with van der Waals surface area (Å²) in [6.07, 6.45) is 1.05. The zero-order valence-electron chi connectivity index (χ0n) is 14.0. The molecule has 1 atom stereocenters. The molecule has 0 saturated carbocycles. The Labute approximate surface area is 141 Å². The van der Waals surface area contributed by atoms with Gasteiger partial charge in [0.15, 0.2) is 0 Å². The Morgan fingerprint density at radius 2 is 1.79 bits per heavy atom. The van der Waals surface area contributed by atoms with Gasteiger partial charge in [-0.15, -0.1) is 0 Å². The summed E-state index contributed by atoms with van der Waals surface area (Å²) >= 11 is 0. The third-order valence-corrected chi connectivity index (χ3v) is 4.23. The van der Waals surface area contributed by atoms with Gasteiger partial charge in [0.2, 0.25) is 6.10 Å². The average Bonchev–Trinajstić information content (AvgIpc) is 3.22. The first kappa shape index (κ1) is 16.3. The summed E-state index contributed by atoms with van der Waals surface area (Å²) in [5, 5.41) is 0. The van der Waals surface area contributed by atoms with Crippen LogP contribution in [0.3, 0.4) is 0 Å². The topological polar surface area (TPSA) is 59.8 Å². The fourth-order valence-electron chi connectivity index (χ4n) is 3.00. The molecule has 2 aromatic rings. The summed E-state index contributed by atoms with van der Waals surface area (Å²) in [5.41, 5.74) is 1.04. The molecule has 126 valence electrons. The zero-order chi connectivity index (χ0) is 17.1. The smallest absolute Gasteiger partial charge is 0.342 e. The van der Waals surface area contributed by atoms with Crippen molar-refractivity contribution in [3.05, 3.63) is 59.0 Å². The number of rotatable bonds is 4. The van der Waals surface area contributed by atoms with Crippen molar-refractivity contribution >= 4 is 11.9 Å². The SMILES string of the molecule is Cc1cc(C(=O)OC(C(=O)N2CCCC2)c2ccccc2)c(C)o1. The van der Waals surface area contributed by atoms with Gasteiger partial charge in [0.25, 0.3) is 5.91 Å². The van der Waals surface area contributed by atoms with E-state index in [1.165, 1.54) is 0 Å². The third-order valence-electron chi connectivity index (χ3n) is 4.23. The summed E-state index contributed by atoms with van der Waals surface area (Å²) in [6.45, 7) is 4.91. The minimum atomic E-state index is -0.925. The Morgan fingerprint density at radius 1 is 1.12 bits per heavy atom. The van der Waals surface area contributed by atoms with Crippen LogP contribution in [0.1, 0.15) is 46.4 Å². The number of nitrogens with zero attached hydrogens (tertiary/aromatic N) is 1. The Balaban J connectivity index is 1.86. The number of aryl methyl sites for hydroxylation is 2. The molecule has 1 aliphatic rings. The van der Waals surface area contributed by atoms with E-state index in [9.17, 15) is 9.59 Å². The van der Waals surface area contributed by atoms with Crippen LogP contribution in [0.5, 0.6) is 0 Å². The molecule has 0 N–H and O–H groups in total. The molecule has 1 aliphatic heterocycles. The zero-order valence-corrected chi connectivity index (χ0v) is 14.0. The molecule has 1 aromatic carbocycles. The monoisotopic (exact) mass is 327 g/mol. The van der Waals surface area contributed by atoms with Crippen LogP contribution in [0.2, 0.25) is 0 Å². The van der Waals surface area contributed by atoms with Crippen molar-refractivity contribution in [2.24, 2.45) is 0 Å². The highest BCUT2D eigenvalue weighted by Crippen LogP contribution is 2.25. The van der Waals surface area contributed by atoms with Gasteiger partial charge in [-0.05, 0) is 32.8 Å². The van der Waals surface area contributed by atoms with Gasteiger partial charge in [-0.2, -0.15) is 0 Å². The van der Waals surface area contributed by atoms with Crippen molar-refractivity contribution in [2.75, 3.05) is 13.1 Å². The number of hydrogen-bond acceptors (Lipinski definition) is 4. The second-order valence-corrected chi connectivity index (χ2v) is 6.06. The van der Waals surface area contributed by atoms with Crippen LogP contribution in [0.15, 0.2) is 40.8 Å². The first-order valence-corrected chi connectivity index (χ1v) is 8.18. The van der Waals surface area contributed by atoms with Crippen molar-refractivity contribution in [1.82, 2.24) is 4.90 Å². The van der Waals surface area contributed by atoms with Gasteiger partial charge in [-0.25, -0.2) is 4.79 Å². The molecule has 0 aliphatic carbocycles. The Morgan fingerprint density at radius 3 is 2.38 bits per heavy atom. The molecule has 1 saturated heterocycles. The van der Waals surface area contributed by atoms with Gasteiger partial charge in [-0.3, -0.25) is 4.79 Å². The molecular weight excluding hydrogens is 306 g/mol. The number of carbonyl (C=O) groups excluding carboxylic acids is 2. The second kappa shape index (κ2) is 6.91. The first-order valence-electron chi connectivity index (χ1n) is 8.18. The van der Waals surface area contributed by atoms with Crippen LogP contribution in [-0.4, -0.2) is 29.9 Å². The Kier molecular flexibility index (Phi) is 4.69. The number of carbonyl (C=O) groups is 2.